The quantitative estimate of drug-likeness (QED) is 0.731. The van der Waals surface area contributed by atoms with Crippen molar-refractivity contribution in [2.75, 3.05) is 20.8 Å². The summed E-state index contributed by atoms with van der Waals surface area (Å²) < 4.78 is 45.5. The molecule has 0 saturated carbocycles. The Morgan fingerprint density at radius 3 is 2.65 bits per heavy atom. The third kappa shape index (κ3) is 3.71. The van der Waals surface area contributed by atoms with Gasteiger partial charge in [-0.2, -0.15) is 5.10 Å². The van der Waals surface area contributed by atoms with Gasteiger partial charge in [-0.05, 0) is 31.2 Å². The molecule has 0 amide bonds. The maximum absolute atomic E-state index is 12.7. The summed E-state index contributed by atoms with van der Waals surface area (Å²) in [6.45, 7) is 1.55. The Bertz CT molecular complexity index is 894. The van der Waals surface area contributed by atoms with E-state index in [-0.39, 0.29) is 11.4 Å². The first-order valence-electron chi connectivity index (χ1n) is 7.95. The van der Waals surface area contributed by atoms with Gasteiger partial charge in [0.2, 0.25) is 15.8 Å². The predicted octanol–water partition coefficient (Wildman–Crippen LogP) is 1.36. The van der Waals surface area contributed by atoms with E-state index in [2.05, 4.69) is 9.82 Å². The summed E-state index contributed by atoms with van der Waals surface area (Å²) in [6, 6.07) is 9.29. The molecule has 8 nitrogen and oxygen atoms in total. The van der Waals surface area contributed by atoms with Crippen LogP contribution in [0.2, 0.25) is 0 Å². The van der Waals surface area contributed by atoms with E-state index >= 15 is 0 Å². The van der Waals surface area contributed by atoms with Crippen LogP contribution in [0.3, 0.4) is 0 Å². The molecule has 0 saturated heterocycles. The number of sulfonamides is 1. The first-order chi connectivity index (χ1) is 12.4. The van der Waals surface area contributed by atoms with Crippen LogP contribution in [-0.4, -0.2) is 51.0 Å². The average Bonchev–Trinajstić information content (AvgIpc) is 3.25. The van der Waals surface area contributed by atoms with Gasteiger partial charge in [0.05, 0.1) is 24.1 Å². The number of methoxy groups -OCH3 is 2. The highest BCUT2D eigenvalue weighted by molar-refractivity contribution is 7.89. The highest BCUT2D eigenvalue weighted by Gasteiger charge is 2.37. The number of ether oxygens (including phenoxy) is 3. The van der Waals surface area contributed by atoms with E-state index in [0.29, 0.717) is 5.69 Å². The number of hydrogen-bond donors (Lipinski definition) is 1. The number of hydrogen-bond acceptors (Lipinski definition) is 6. The number of para-hydroxylation sites is 1. The van der Waals surface area contributed by atoms with E-state index in [0.717, 1.165) is 5.69 Å². The maximum atomic E-state index is 12.7. The molecule has 0 spiro atoms. The van der Waals surface area contributed by atoms with Crippen LogP contribution in [-0.2, 0) is 24.2 Å². The molecule has 2 aromatic rings. The Morgan fingerprint density at radius 2 is 2.04 bits per heavy atom. The molecule has 9 heteroatoms. The van der Waals surface area contributed by atoms with Crippen molar-refractivity contribution in [3.8, 4) is 5.69 Å². The molecule has 0 bridgehead atoms. The van der Waals surface area contributed by atoms with Gasteiger partial charge in [0.1, 0.15) is 4.90 Å². The largest absolute Gasteiger partial charge is 0.352 e. The minimum absolute atomic E-state index is 0.0953. The van der Waals surface area contributed by atoms with Crippen LogP contribution >= 0.6 is 0 Å². The Balaban J connectivity index is 1.79. The van der Waals surface area contributed by atoms with E-state index in [1.165, 1.54) is 25.1 Å². The molecule has 2 heterocycles. The van der Waals surface area contributed by atoms with Crippen molar-refractivity contribution in [3.63, 3.8) is 0 Å². The van der Waals surface area contributed by atoms with Crippen LogP contribution in [0.15, 0.2) is 53.6 Å². The molecule has 1 N–H and O–H groups in total. The number of aryl methyl sites for hydroxylation is 1. The lowest BCUT2D eigenvalue weighted by atomic mass is 10.3. The summed E-state index contributed by atoms with van der Waals surface area (Å²) in [6.07, 6.45) is 4.19. The summed E-state index contributed by atoms with van der Waals surface area (Å²) in [5, 5.41) is 4.29. The first-order valence-corrected chi connectivity index (χ1v) is 9.44. The standard InChI is InChI=1S/C17H21N3O5S/c1-13-15(11-20(19-13)14-7-5-4-6-8-14)26(21,22)18-12-17(24-3)10-9-16(23-2)25-17/h4-11,16,18H,12H2,1-3H3. The zero-order valence-corrected chi connectivity index (χ0v) is 15.6. The van der Waals surface area contributed by atoms with Gasteiger partial charge in [0, 0.05) is 14.2 Å². The Labute approximate surface area is 152 Å². The lowest BCUT2D eigenvalue weighted by Gasteiger charge is -2.27. The van der Waals surface area contributed by atoms with Crippen molar-refractivity contribution >= 4 is 10.0 Å². The Kier molecular flexibility index (Phi) is 5.26. The fourth-order valence-electron chi connectivity index (χ4n) is 2.61. The smallest absolute Gasteiger partial charge is 0.244 e. The summed E-state index contributed by atoms with van der Waals surface area (Å²) in [5.74, 6) is -1.21. The number of nitrogens with one attached hydrogen (secondary N) is 1. The summed E-state index contributed by atoms with van der Waals surface area (Å²) >= 11 is 0. The molecule has 1 aliphatic heterocycles. The fraction of sp³-hybridized carbons (Fsp3) is 0.353. The third-order valence-corrected chi connectivity index (χ3v) is 5.58. The highest BCUT2D eigenvalue weighted by atomic mass is 32.2. The Morgan fingerprint density at radius 1 is 1.31 bits per heavy atom. The molecule has 140 valence electrons. The van der Waals surface area contributed by atoms with Gasteiger partial charge >= 0.3 is 0 Å². The maximum Gasteiger partial charge on any atom is 0.244 e. The van der Waals surface area contributed by atoms with Crippen LogP contribution in [0.1, 0.15) is 5.69 Å². The monoisotopic (exact) mass is 379 g/mol. The minimum atomic E-state index is -3.81. The molecule has 1 aromatic heterocycles. The number of benzene rings is 1. The lowest BCUT2D eigenvalue weighted by molar-refractivity contribution is -0.237. The molecule has 0 radical (unpaired) electrons. The van der Waals surface area contributed by atoms with E-state index in [1.807, 2.05) is 30.3 Å². The van der Waals surface area contributed by atoms with E-state index in [1.54, 1.807) is 19.1 Å². The zero-order chi connectivity index (χ0) is 18.8. The van der Waals surface area contributed by atoms with Crippen LogP contribution in [0.4, 0.5) is 0 Å². The normalized spacial score (nSPS) is 22.8. The predicted molar refractivity (Wildman–Crippen MR) is 94.3 cm³/mol. The highest BCUT2D eigenvalue weighted by Crippen LogP contribution is 2.25. The van der Waals surface area contributed by atoms with E-state index in [4.69, 9.17) is 14.2 Å². The van der Waals surface area contributed by atoms with Crippen LogP contribution in [0.25, 0.3) is 5.69 Å². The first kappa shape index (κ1) is 18.7. The molecular weight excluding hydrogens is 358 g/mol. The van der Waals surface area contributed by atoms with Gasteiger partial charge in [-0.15, -0.1) is 0 Å². The second-order valence-electron chi connectivity index (χ2n) is 5.78. The molecule has 26 heavy (non-hydrogen) atoms. The summed E-state index contributed by atoms with van der Waals surface area (Å²) in [4.78, 5) is 0.0953. The molecule has 0 fully saturated rings. The molecule has 3 rings (SSSR count). The van der Waals surface area contributed by atoms with Gasteiger partial charge in [-0.1, -0.05) is 18.2 Å². The molecule has 1 aromatic carbocycles. The molecular formula is C17H21N3O5S. The van der Waals surface area contributed by atoms with E-state index in [9.17, 15) is 8.42 Å². The zero-order valence-electron chi connectivity index (χ0n) is 14.7. The number of nitrogens with zero attached hydrogens (tertiary/aromatic N) is 2. The molecule has 2 unspecified atom stereocenters. The minimum Gasteiger partial charge on any atom is -0.352 e. The van der Waals surface area contributed by atoms with Crippen LogP contribution < -0.4 is 4.72 Å². The second-order valence-corrected chi connectivity index (χ2v) is 7.52. The number of rotatable bonds is 7. The SMILES string of the molecule is COC1C=CC(CNS(=O)(=O)c2cn(-c3ccccc3)nc2C)(OC)O1. The van der Waals surface area contributed by atoms with Crippen molar-refractivity contribution < 1.29 is 22.6 Å². The molecule has 2 atom stereocenters. The van der Waals surface area contributed by atoms with Crippen molar-refractivity contribution in [2.24, 2.45) is 0 Å². The van der Waals surface area contributed by atoms with Gasteiger partial charge < -0.3 is 14.2 Å². The lowest BCUT2D eigenvalue weighted by Crippen LogP contribution is -2.44. The molecule has 1 aliphatic rings. The van der Waals surface area contributed by atoms with Crippen molar-refractivity contribution in [1.82, 2.24) is 14.5 Å². The summed E-state index contributed by atoms with van der Waals surface area (Å²) in [7, 11) is -0.874. The van der Waals surface area contributed by atoms with Crippen molar-refractivity contribution in [1.29, 1.82) is 0 Å². The topological polar surface area (TPSA) is 91.7 Å². The summed E-state index contributed by atoms with van der Waals surface area (Å²) in [5.41, 5.74) is 1.17. The van der Waals surface area contributed by atoms with Crippen molar-refractivity contribution in [3.05, 3.63) is 54.4 Å². The second kappa shape index (κ2) is 7.29. The van der Waals surface area contributed by atoms with Gasteiger partial charge in [0.15, 0.2) is 6.29 Å². The third-order valence-electron chi connectivity index (χ3n) is 4.07. The Hall–Kier alpha value is -2.04. The van der Waals surface area contributed by atoms with Crippen LogP contribution in [0, 0.1) is 6.92 Å². The van der Waals surface area contributed by atoms with Gasteiger partial charge in [-0.25, -0.2) is 17.8 Å². The van der Waals surface area contributed by atoms with E-state index < -0.39 is 22.1 Å². The van der Waals surface area contributed by atoms with Crippen molar-refractivity contribution in [2.45, 2.75) is 23.9 Å². The average molecular weight is 379 g/mol. The molecule has 0 aliphatic carbocycles. The fourth-order valence-corrected chi connectivity index (χ4v) is 3.83. The van der Waals surface area contributed by atoms with Gasteiger partial charge in [0.25, 0.3) is 0 Å². The van der Waals surface area contributed by atoms with Gasteiger partial charge in [-0.3, -0.25) is 0 Å². The number of aromatic nitrogens is 2. The van der Waals surface area contributed by atoms with Crippen LogP contribution in [0.5, 0.6) is 0 Å².